The van der Waals surface area contributed by atoms with Crippen LogP contribution < -0.4 is 0 Å². The van der Waals surface area contributed by atoms with Crippen LogP contribution in [0.15, 0.2) is 42.6 Å². The molecule has 0 bridgehead atoms. The number of aromatic nitrogens is 1. The van der Waals surface area contributed by atoms with Gasteiger partial charge in [0.25, 0.3) is 0 Å². The predicted octanol–water partition coefficient (Wildman–Crippen LogP) is 3.20. The second-order valence-electron chi connectivity index (χ2n) is 3.23. The summed E-state index contributed by atoms with van der Waals surface area (Å²) < 4.78 is 12.9. The van der Waals surface area contributed by atoms with Gasteiger partial charge in [-0.15, -0.1) is 0 Å². The first-order valence-corrected chi connectivity index (χ1v) is 4.44. The van der Waals surface area contributed by atoms with Gasteiger partial charge in [-0.1, -0.05) is 12.1 Å². The Morgan fingerprint density at radius 2 is 2.00 bits per heavy atom. The first kappa shape index (κ1) is 8.88. The molecule has 1 aromatic heterocycles. The van der Waals surface area contributed by atoms with E-state index in [-0.39, 0.29) is 5.82 Å². The molecule has 2 aromatic rings. The molecule has 1 nitrogen and oxygen atoms in total. The van der Waals surface area contributed by atoms with Crippen molar-refractivity contribution in [3.05, 3.63) is 54.0 Å². The molecule has 0 aliphatic carbocycles. The van der Waals surface area contributed by atoms with Crippen LogP contribution in [0.25, 0.3) is 11.3 Å². The van der Waals surface area contributed by atoms with Crippen molar-refractivity contribution in [1.82, 2.24) is 4.98 Å². The molecule has 0 spiro atoms. The Balaban J connectivity index is 2.49. The maximum atomic E-state index is 12.9. The number of aryl methyl sites for hydroxylation is 1. The first-order valence-electron chi connectivity index (χ1n) is 4.44. The van der Waals surface area contributed by atoms with Crippen molar-refractivity contribution >= 4 is 0 Å². The van der Waals surface area contributed by atoms with Crippen LogP contribution in [-0.2, 0) is 0 Å². The fourth-order valence-corrected chi connectivity index (χ4v) is 1.34. The minimum absolute atomic E-state index is 0.231. The van der Waals surface area contributed by atoms with Crippen LogP contribution in [0.5, 0.6) is 0 Å². The van der Waals surface area contributed by atoms with Gasteiger partial charge in [-0.2, -0.15) is 0 Å². The number of hydrogen-bond acceptors (Lipinski definition) is 1. The van der Waals surface area contributed by atoms with E-state index in [4.69, 9.17) is 0 Å². The van der Waals surface area contributed by atoms with E-state index in [1.165, 1.54) is 12.1 Å². The Morgan fingerprint density at radius 1 is 1.14 bits per heavy atom. The quantitative estimate of drug-likeness (QED) is 0.668. The van der Waals surface area contributed by atoms with Gasteiger partial charge in [0.15, 0.2) is 0 Å². The second kappa shape index (κ2) is 3.58. The summed E-state index contributed by atoms with van der Waals surface area (Å²) in [4.78, 5) is 4.18. The number of rotatable bonds is 1. The molecule has 0 amide bonds. The molecule has 0 saturated carbocycles. The zero-order valence-electron chi connectivity index (χ0n) is 7.87. The molecule has 70 valence electrons. The van der Waals surface area contributed by atoms with Gasteiger partial charge in [0.2, 0.25) is 0 Å². The van der Waals surface area contributed by atoms with Crippen molar-refractivity contribution in [3.63, 3.8) is 0 Å². The van der Waals surface area contributed by atoms with E-state index >= 15 is 0 Å². The van der Waals surface area contributed by atoms with Gasteiger partial charge in [-0.25, -0.2) is 4.39 Å². The molecule has 0 atom stereocenters. The molecular formula is C12H10FN. The van der Waals surface area contributed by atoms with Gasteiger partial charge in [-0.3, -0.25) is 4.98 Å². The molecule has 1 aromatic carbocycles. The topological polar surface area (TPSA) is 12.9 Å². The van der Waals surface area contributed by atoms with Crippen molar-refractivity contribution in [1.29, 1.82) is 0 Å². The summed E-state index contributed by atoms with van der Waals surface area (Å²) in [5.74, 6) is -0.231. The molecular weight excluding hydrogens is 177 g/mol. The van der Waals surface area contributed by atoms with Gasteiger partial charge in [0.1, 0.15) is 5.82 Å². The molecule has 0 radical (unpaired) electrons. The summed E-state index contributed by atoms with van der Waals surface area (Å²) in [6, 6.07) is 10.3. The fraction of sp³-hybridized carbons (Fsp3) is 0.0833. The maximum absolute atomic E-state index is 12.9. The smallest absolute Gasteiger partial charge is 0.123 e. The van der Waals surface area contributed by atoms with E-state index in [1.54, 1.807) is 12.3 Å². The van der Waals surface area contributed by atoms with E-state index in [9.17, 15) is 4.39 Å². The van der Waals surface area contributed by atoms with Crippen LogP contribution in [0.3, 0.4) is 0 Å². The normalized spacial score (nSPS) is 10.1. The van der Waals surface area contributed by atoms with Crippen LogP contribution in [-0.4, -0.2) is 4.98 Å². The first-order chi connectivity index (χ1) is 6.75. The minimum Gasteiger partial charge on any atom is -0.256 e. The lowest BCUT2D eigenvalue weighted by Gasteiger charge is -2.01. The highest BCUT2D eigenvalue weighted by Crippen LogP contribution is 2.18. The van der Waals surface area contributed by atoms with Crippen molar-refractivity contribution in [2.75, 3.05) is 0 Å². The van der Waals surface area contributed by atoms with Gasteiger partial charge in [-0.05, 0) is 36.8 Å². The maximum Gasteiger partial charge on any atom is 0.123 e. The third-order valence-corrected chi connectivity index (χ3v) is 2.04. The van der Waals surface area contributed by atoms with Crippen LogP contribution in [0, 0.1) is 12.7 Å². The molecule has 0 N–H and O–H groups in total. The van der Waals surface area contributed by atoms with Gasteiger partial charge < -0.3 is 0 Å². The minimum atomic E-state index is -0.231. The molecule has 0 aliphatic rings. The van der Waals surface area contributed by atoms with E-state index < -0.39 is 0 Å². The SMILES string of the molecule is Cc1ccnc(-c2cccc(F)c2)c1. The zero-order chi connectivity index (χ0) is 9.97. The third-order valence-electron chi connectivity index (χ3n) is 2.04. The van der Waals surface area contributed by atoms with Crippen LogP contribution in [0.1, 0.15) is 5.56 Å². The van der Waals surface area contributed by atoms with E-state index in [0.717, 1.165) is 16.8 Å². The van der Waals surface area contributed by atoms with Gasteiger partial charge in [0, 0.05) is 11.8 Å². The third kappa shape index (κ3) is 1.79. The summed E-state index contributed by atoms with van der Waals surface area (Å²) in [6.45, 7) is 1.99. The fourth-order valence-electron chi connectivity index (χ4n) is 1.34. The Hall–Kier alpha value is -1.70. The second-order valence-corrected chi connectivity index (χ2v) is 3.23. The summed E-state index contributed by atoms with van der Waals surface area (Å²) in [6.07, 6.45) is 1.73. The average Bonchev–Trinajstić information content (AvgIpc) is 2.18. The van der Waals surface area contributed by atoms with Crippen LogP contribution >= 0.6 is 0 Å². The van der Waals surface area contributed by atoms with Crippen molar-refractivity contribution in [2.24, 2.45) is 0 Å². The van der Waals surface area contributed by atoms with Gasteiger partial charge in [0.05, 0.1) is 5.69 Å². The highest BCUT2D eigenvalue weighted by atomic mass is 19.1. The van der Waals surface area contributed by atoms with E-state index in [0.29, 0.717) is 0 Å². The lowest BCUT2D eigenvalue weighted by Crippen LogP contribution is -1.84. The van der Waals surface area contributed by atoms with Crippen LogP contribution in [0.2, 0.25) is 0 Å². The summed E-state index contributed by atoms with van der Waals surface area (Å²) in [7, 11) is 0. The lowest BCUT2D eigenvalue weighted by molar-refractivity contribution is 0.628. The highest BCUT2D eigenvalue weighted by Gasteiger charge is 1.99. The number of pyridine rings is 1. The monoisotopic (exact) mass is 187 g/mol. The van der Waals surface area contributed by atoms with E-state index in [1.807, 2.05) is 25.1 Å². The van der Waals surface area contributed by atoms with Crippen LogP contribution in [0.4, 0.5) is 4.39 Å². The van der Waals surface area contributed by atoms with E-state index in [2.05, 4.69) is 4.98 Å². The average molecular weight is 187 g/mol. The molecule has 2 rings (SSSR count). The molecule has 2 heteroatoms. The van der Waals surface area contributed by atoms with Crippen molar-refractivity contribution in [2.45, 2.75) is 6.92 Å². The Kier molecular flexibility index (Phi) is 2.27. The molecule has 1 heterocycles. The molecule has 0 saturated heterocycles. The number of nitrogens with zero attached hydrogens (tertiary/aromatic N) is 1. The van der Waals surface area contributed by atoms with Crippen molar-refractivity contribution in [3.8, 4) is 11.3 Å². The number of hydrogen-bond donors (Lipinski definition) is 0. The largest absolute Gasteiger partial charge is 0.256 e. The molecule has 0 unspecified atom stereocenters. The number of benzene rings is 1. The lowest BCUT2D eigenvalue weighted by atomic mass is 10.1. The zero-order valence-corrected chi connectivity index (χ0v) is 7.87. The highest BCUT2D eigenvalue weighted by molar-refractivity contribution is 5.59. The van der Waals surface area contributed by atoms with Crippen molar-refractivity contribution < 1.29 is 4.39 Å². The predicted molar refractivity (Wildman–Crippen MR) is 54.4 cm³/mol. The Labute approximate surface area is 82.2 Å². The summed E-state index contributed by atoms with van der Waals surface area (Å²) in [5, 5.41) is 0. The Morgan fingerprint density at radius 3 is 2.71 bits per heavy atom. The molecule has 0 fully saturated rings. The summed E-state index contributed by atoms with van der Waals surface area (Å²) in [5.41, 5.74) is 2.75. The van der Waals surface area contributed by atoms with Gasteiger partial charge >= 0.3 is 0 Å². The summed E-state index contributed by atoms with van der Waals surface area (Å²) >= 11 is 0. The Bertz CT molecular complexity index is 408. The molecule has 0 aliphatic heterocycles. The molecule has 14 heavy (non-hydrogen) atoms. The standard InChI is InChI=1S/C12H10FN/c1-9-5-6-14-12(7-9)10-3-2-4-11(13)8-10/h2-8H,1H3. The number of halogens is 1.